The second-order valence-corrected chi connectivity index (χ2v) is 6.33. The standard InChI is InChI=1S/C17H24N4O/c1-11(12(2)18)17(22)19-13-7-8-15-14(10-13)20-16-6-4-3-5-9-21(15)16/h7-8,10-12H,3-6,9,18H2,1-2H3,(H,19,22). The van der Waals surface area contributed by atoms with Crippen LogP contribution in [0.4, 0.5) is 5.69 Å². The van der Waals surface area contributed by atoms with E-state index in [9.17, 15) is 4.79 Å². The average molecular weight is 300 g/mol. The molecule has 3 N–H and O–H groups in total. The number of rotatable bonds is 3. The number of aryl methyl sites for hydroxylation is 2. The minimum atomic E-state index is -0.214. The van der Waals surface area contributed by atoms with Gasteiger partial charge in [0.2, 0.25) is 5.91 Å². The van der Waals surface area contributed by atoms with Crippen LogP contribution >= 0.6 is 0 Å². The number of aromatic nitrogens is 2. The Kier molecular flexibility index (Phi) is 4.16. The number of anilines is 1. The molecule has 22 heavy (non-hydrogen) atoms. The summed E-state index contributed by atoms with van der Waals surface area (Å²) in [7, 11) is 0. The van der Waals surface area contributed by atoms with E-state index in [2.05, 4.69) is 16.0 Å². The van der Waals surface area contributed by atoms with E-state index in [-0.39, 0.29) is 17.9 Å². The molecule has 2 unspecified atom stereocenters. The van der Waals surface area contributed by atoms with Gasteiger partial charge >= 0.3 is 0 Å². The average Bonchev–Trinajstić information content (AvgIpc) is 2.67. The summed E-state index contributed by atoms with van der Waals surface area (Å²) in [5.41, 5.74) is 8.70. The van der Waals surface area contributed by atoms with Crippen LogP contribution in [-0.4, -0.2) is 21.5 Å². The van der Waals surface area contributed by atoms with E-state index in [1.165, 1.54) is 25.1 Å². The number of nitrogens with zero attached hydrogens (tertiary/aromatic N) is 2. The van der Waals surface area contributed by atoms with Crippen LogP contribution in [0, 0.1) is 5.92 Å². The summed E-state index contributed by atoms with van der Waals surface area (Å²) in [5, 5.41) is 2.94. The van der Waals surface area contributed by atoms with Gasteiger partial charge in [0.25, 0.3) is 0 Å². The zero-order valence-electron chi connectivity index (χ0n) is 13.3. The molecule has 5 heteroatoms. The number of carbonyl (C=O) groups is 1. The van der Waals surface area contributed by atoms with Gasteiger partial charge in [-0.05, 0) is 38.0 Å². The molecule has 5 nitrogen and oxygen atoms in total. The van der Waals surface area contributed by atoms with Crippen molar-refractivity contribution in [2.45, 2.75) is 52.1 Å². The van der Waals surface area contributed by atoms with Crippen LogP contribution in [0.1, 0.15) is 38.9 Å². The Morgan fingerprint density at radius 2 is 2.14 bits per heavy atom. The molecular weight excluding hydrogens is 276 g/mol. The van der Waals surface area contributed by atoms with Crippen LogP contribution < -0.4 is 11.1 Å². The zero-order valence-corrected chi connectivity index (χ0v) is 13.3. The van der Waals surface area contributed by atoms with Gasteiger partial charge in [-0.1, -0.05) is 13.3 Å². The molecular formula is C17H24N4O. The van der Waals surface area contributed by atoms with Crippen molar-refractivity contribution in [3.63, 3.8) is 0 Å². The third kappa shape index (κ3) is 2.86. The molecule has 0 saturated carbocycles. The lowest BCUT2D eigenvalue weighted by molar-refractivity contribution is -0.119. The highest BCUT2D eigenvalue weighted by molar-refractivity contribution is 5.94. The molecule has 1 aliphatic heterocycles. The smallest absolute Gasteiger partial charge is 0.228 e. The quantitative estimate of drug-likeness (QED) is 0.915. The minimum absolute atomic E-state index is 0.0462. The molecule has 1 aromatic heterocycles. The maximum Gasteiger partial charge on any atom is 0.228 e. The summed E-state index contributed by atoms with van der Waals surface area (Å²) < 4.78 is 2.32. The van der Waals surface area contributed by atoms with E-state index < -0.39 is 0 Å². The number of fused-ring (bicyclic) bond motifs is 3. The van der Waals surface area contributed by atoms with Gasteiger partial charge in [-0.3, -0.25) is 4.79 Å². The zero-order chi connectivity index (χ0) is 15.7. The van der Waals surface area contributed by atoms with Crippen molar-refractivity contribution >= 4 is 22.6 Å². The van der Waals surface area contributed by atoms with Gasteiger partial charge in [-0.2, -0.15) is 0 Å². The van der Waals surface area contributed by atoms with Crippen molar-refractivity contribution in [1.82, 2.24) is 9.55 Å². The fourth-order valence-corrected chi connectivity index (χ4v) is 2.92. The summed E-state index contributed by atoms with van der Waals surface area (Å²) in [5.74, 6) is 0.907. The largest absolute Gasteiger partial charge is 0.328 e. The number of hydrogen-bond donors (Lipinski definition) is 2. The Labute approximate surface area is 130 Å². The first kappa shape index (κ1) is 15.0. The molecule has 0 bridgehead atoms. The summed E-state index contributed by atoms with van der Waals surface area (Å²) in [4.78, 5) is 16.9. The maximum absolute atomic E-state index is 12.1. The maximum atomic E-state index is 12.1. The van der Waals surface area contributed by atoms with Crippen molar-refractivity contribution in [3.8, 4) is 0 Å². The number of nitrogens with two attached hydrogens (primary N) is 1. The molecule has 2 atom stereocenters. The molecule has 2 heterocycles. The number of nitrogens with one attached hydrogen (secondary N) is 1. The topological polar surface area (TPSA) is 72.9 Å². The Morgan fingerprint density at radius 3 is 2.91 bits per heavy atom. The van der Waals surface area contributed by atoms with Gasteiger partial charge < -0.3 is 15.6 Å². The minimum Gasteiger partial charge on any atom is -0.328 e. The number of hydrogen-bond acceptors (Lipinski definition) is 3. The first-order valence-electron chi connectivity index (χ1n) is 8.12. The highest BCUT2D eigenvalue weighted by Gasteiger charge is 2.18. The van der Waals surface area contributed by atoms with Crippen LogP contribution in [0.15, 0.2) is 18.2 Å². The van der Waals surface area contributed by atoms with Gasteiger partial charge in [-0.25, -0.2) is 4.98 Å². The predicted octanol–water partition coefficient (Wildman–Crippen LogP) is 2.68. The van der Waals surface area contributed by atoms with E-state index in [1.807, 2.05) is 26.0 Å². The first-order chi connectivity index (χ1) is 10.6. The van der Waals surface area contributed by atoms with Crippen molar-refractivity contribution in [2.24, 2.45) is 11.7 Å². The Morgan fingerprint density at radius 1 is 1.32 bits per heavy atom. The molecule has 1 aromatic carbocycles. The summed E-state index contributed by atoms with van der Waals surface area (Å²) >= 11 is 0. The lowest BCUT2D eigenvalue weighted by atomic mass is 10.0. The number of imidazole rings is 1. The molecule has 0 fully saturated rings. The van der Waals surface area contributed by atoms with Crippen LogP contribution in [-0.2, 0) is 17.8 Å². The van der Waals surface area contributed by atoms with Crippen molar-refractivity contribution < 1.29 is 4.79 Å². The van der Waals surface area contributed by atoms with E-state index in [0.717, 1.165) is 29.7 Å². The van der Waals surface area contributed by atoms with E-state index >= 15 is 0 Å². The number of carbonyl (C=O) groups excluding carboxylic acids is 1. The number of amides is 1. The summed E-state index contributed by atoms with van der Waals surface area (Å²) in [6.07, 6.45) is 4.73. The fraction of sp³-hybridized carbons (Fsp3) is 0.529. The Balaban J connectivity index is 1.86. The summed E-state index contributed by atoms with van der Waals surface area (Å²) in [6.45, 7) is 4.73. The SMILES string of the molecule is CC(N)C(C)C(=O)Nc1ccc2c(c1)nc1n2CCCCC1. The molecule has 0 aliphatic carbocycles. The molecule has 118 valence electrons. The monoisotopic (exact) mass is 300 g/mol. The number of benzene rings is 1. The molecule has 1 aliphatic rings. The van der Waals surface area contributed by atoms with Gasteiger partial charge in [0.15, 0.2) is 0 Å². The van der Waals surface area contributed by atoms with Crippen molar-refractivity contribution in [3.05, 3.63) is 24.0 Å². The molecule has 0 spiro atoms. The first-order valence-corrected chi connectivity index (χ1v) is 8.12. The lowest BCUT2D eigenvalue weighted by Gasteiger charge is -2.15. The summed E-state index contributed by atoms with van der Waals surface area (Å²) in [6, 6.07) is 5.81. The van der Waals surface area contributed by atoms with Crippen molar-refractivity contribution in [2.75, 3.05) is 5.32 Å². The van der Waals surface area contributed by atoms with E-state index in [0.29, 0.717) is 0 Å². The van der Waals surface area contributed by atoms with Gasteiger partial charge in [0.1, 0.15) is 5.82 Å². The highest BCUT2D eigenvalue weighted by Crippen LogP contribution is 2.24. The van der Waals surface area contributed by atoms with Crippen LogP contribution in [0.5, 0.6) is 0 Å². The third-order valence-electron chi connectivity index (χ3n) is 4.58. The normalized spacial score (nSPS) is 17.6. The second kappa shape index (κ2) is 6.08. The lowest BCUT2D eigenvalue weighted by Crippen LogP contribution is -2.34. The Hall–Kier alpha value is -1.88. The predicted molar refractivity (Wildman–Crippen MR) is 88.7 cm³/mol. The molecule has 3 rings (SSSR count). The highest BCUT2D eigenvalue weighted by atomic mass is 16.1. The molecule has 0 radical (unpaired) electrons. The van der Waals surface area contributed by atoms with Crippen LogP contribution in [0.2, 0.25) is 0 Å². The van der Waals surface area contributed by atoms with E-state index in [4.69, 9.17) is 10.7 Å². The third-order valence-corrected chi connectivity index (χ3v) is 4.58. The fourth-order valence-electron chi connectivity index (χ4n) is 2.92. The molecule has 1 amide bonds. The van der Waals surface area contributed by atoms with Gasteiger partial charge in [0.05, 0.1) is 17.0 Å². The van der Waals surface area contributed by atoms with Gasteiger partial charge in [-0.15, -0.1) is 0 Å². The van der Waals surface area contributed by atoms with Crippen LogP contribution in [0.3, 0.4) is 0 Å². The van der Waals surface area contributed by atoms with Crippen molar-refractivity contribution in [1.29, 1.82) is 0 Å². The van der Waals surface area contributed by atoms with Crippen LogP contribution in [0.25, 0.3) is 11.0 Å². The molecule has 2 aromatic rings. The Bertz CT molecular complexity index is 689. The van der Waals surface area contributed by atoms with Gasteiger partial charge in [0, 0.05) is 24.7 Å². The van der Waals surface area contributed by atoms with E-state index in [1.54, 1.807) is 0 Å². The molecule has 0 saturated heterocycles. The second-order valence-electron chi connectivity index (χ2n) is 6.33.